The lowest BCUT2D eigenvalue weighted by Crippen LogP contribution is -2.02. The van der Waals surface area contributed by atoms with Gasteiger partial charge in [0.1, 0.15) is 11.9 Å². The van der Waals surface area contributed by atoms with Gasteiger partial charge in [0.2, 0.25) is 0 Å². The molecule has 0 saturated carbocycles. The summed E-state index contributed by atoms with van der Waals surface area (Å²) in [5.41, 5.74) is 1.73. The molecule has 4 heteroatoms. The Hall–Kier alpha value is -1.86. The van der Waals surface area contributed by atoms with Crippen molar-refractivity contribution in [1.29, 1.82) is 5.26 Å². The molecule has 0 aliphatic carbocycles. The molecule has 0 unspecified atom stereocenters. The number of hydrogen-bond acceptors (Lipinski definition) is 3. The molecular weight excluding hydrogens is 278 g/mol. The van der Waals surface area contributed by atoms with E-state index in [1.54, 1.807) is 12.3 Å². The van der Waals surface area contributed by atoms with E-state index in [9.17, 15) is 0 Å². The normalized spacial score (nSPS) is 9.65. The number of nitrogens with zero attached hydrogens (tertiary/aromatic N) is 2. The van der Waals surface area contributed by atoms with E-state index in [4.69, 9.17) is 5.26 Å². The summed E-state index contributed by atoms with van der Waals surface area (Å²) in [4.78, 5) is 4.18. The molecule has 2 rings (SSSR count). The average Bonchev–Trinajstić information content (AvgIpc) is 2.38. The quantitative estimate of drug-likeness (QED) is 0.942. The van der Waals surface area contributed by atoms with E-state index in [1.165, 1.54) is 5.56 Å². The summed E-state index contributed by atoms with van der Waals surface area (Å²) in [5, 5.41) is 11.9. The van der Waals surface area contributed by atoms with E-state index in [2.05, 4.69) is 26.2 Å². The van der Waals surface area contributed by atoms with Crippen LogP contribution in [0.1, 0.15) is 11.1 Å². The van der Waals surface area contributed by atoms with Crippen LogP contribution >= 0.6 is 15.9 Å². The molecule has 1 aromatic heterocycles. The van der Waals surface area contributed by atoms with Crippen molar-refractivity contribution in [2.75, 3.05) is 5.32 Å². The molecule has 3 nitrogen and oxygen atoms in total. The van der Waals surface area contributed by atoms with E-state index < -0.39 is 0 Å². The lowest BCUT2D eigenvalue weighted by Gasteiger charge is -2.07. The van der Waals surface area contributed by atoms with Crippen LogP contribution in [0.25, 0.3) is 0 Å². The van der Waals surface area contributed by atoms with Crippen LogP contribution in [0.5, 0.6) is 0 Å². The maximum Gasteiger partial charge on any atom is 0.140 e. The minimum atomic E-state index is 0.544. The highest BCUT2D eigenvalue weighted by Gasteiger charge is 2.02. The summed E-state index contributed by atoms with van der Waals surface area (Å²) in [6, 6.07) is 13.9. The number of benzene rings is 1. The minimum Gasteiger partial charge on any atom is -0.365 e. The fraction of sp³-hybridized carbons (Fsp3) is 0.0769. The van der Waals surface area contributed by atoms with Gasteiger partial charge in [0.05, 0.1) is 10.0 Å². The number of rotatable bonds is 3. The first-order valence-electron chi connectivity index (χ1n) is 5.13. The molecule has 0 fully saturated rings. The molecule has 1 heterocycles. The molecule has 0 bridgehead atoms. The minimum absolute atomic E-state index is 0.544. The molecule has 1 aromatic carbocycles. The Balaban J connectivity index is 2.08. The molecule has 0 amide bonds. The summed E-state index contributed by atoms with van der Waals surface area (Å²) < 4.78 is 0.799. The maximum atomic E-state index is 8.73. The Kier molecular flexibility index (Phi) is 3.73. The highest BCUT2D eigenvalue weighted by molar-refractivity contribution is 9.10. The van der Waals surface area contributed by atoms with Gasteiger partial charge in [-0.1, -0.05) is 30.3 Å². The first kappa shape index (κ1) is 11.6. The van der Waals surface area contributed by atoms with Gasteiger partial charge in [0, 0.05) is 12.7 Å². The number of halogens is 1. The Morgan fingerprint density at radius 2 is 2.06 bits per heavy atom. The number of anilines is 1. The predicted octanol–water partition coefficient (Wildman–Crippen LogP) is 3.33. The van der Waals surface area contributed by atoms with E-state index in [0.717, 1.165) is 10.3 Å². The lowest BCUT2D eigenvalue weighted by molar-refractivity contribution is 1.10. The number of hydrogen-bond donors (Lipinski definition) is 1. The van der Waals surface area contributed by atoms with Crippen molar-refractivity contribution >= 4 is 21.7 Å². The van der Waals surface area contributed by atoms with Crippen LogP contribution < -0.4 is 5.32 Å². The smallest absolute Gasteiger partial charge is 0.140 e. The summed E-state index contributed by atoms with van der Waals surface area (Å²) in [6.07, 6.45) is 1.55. The summed E-state index contributed by atoms with van der Waals surface area (Å²) in [5.74, 6) is 0.743. The molecule has 0 saturated heterocycles. The van der Waals surface area contributed by atoms with Crippen LogP contribution in [-0.2, 0) is 6.54 Å². The monoisotopic (exact) mass is 287 g/mol. The third kappa shape index (κ3) is 3.05. The second kappa shape index (κ2) is 5.46. The third-order valence-electron chi connectivity index (χ3n) is 2.27. The number of nitrogens with one attached hydrogen (secondary N) is 1. The zero-order valence-electron chi connectivity index (χ0n) is 9.02. The van der Waals surface area contributed by atoms with Crippen LogP contribution in [-0.4, -0.2) is 4.98 Å². The number of pyridine rings is 1. The van der Waals surface area contributed by atoms with Crippen molar-refractivity contribution in [3.05, 3.63) is 58.2 Å². The van der Waals surface area contributed by atoms with Crippen LogP contribution in [0.3, 0.4) is 0 Å². The van der Waals surface area contributed by atoms with Crippen LogP contribution in [0.4, 0.5) is 5.82 Å². The molecule has 0 radical (unpaired) electrons. The van der Waals surface area contributed by atoms with Crippen LogP contribution in [0, 0.1) is 11.3 Å². The summed E-state index contributed by atoms with van der Waals surface area (Å²) in [7, 11) is 0. The van der Waals surface area contributed by atoms with Gasteiger partial charge in [-0.25, -0.2) is 4.98 Å². The first-order chi connectivity index (χ1) is 8.29. The fourth-order valence-electron chi connectivity index (χ4n) is 1.41. The highest BCUT2D eigenvalue weighted by atomic mass is 79.9. The van der Waals surface area contributed by atoms with Crippen molar-refractivity contribution < 1.29 is 0 Å². The van der Waals surface area contributed by atoms with Gasteiger partial charge in [-0.05, 0) is 27.6 Å². The highest BCUT2D eigenvalue weighted by Crippen LogP contribution is 2.21. The van der Waals surface area contributed by atoms with Gasteiger partial charge < -0.3 is 5.32 Å². The Labute approximate surface area is 108 Å². The van der Waals surface area contributed by atoms with E-state index in [0.29, 0.717) is 12.1 Å². The van der Waals surface area contributed by atoms with Crippen molar-refractivity contribution in [3.8, 4) is 6.07 Å². The van der Waals surface area contributed by atoms with E-state index >= 15 is 0 Å². The van der Waals surface area contributed by atoms with E-state index in [1.807, 2.05) is 36.4 Å². The molecular formula is C13H10BrN3. The Bertz CT molecular complexity index is 546. The van der Waals surface area contributed by atoms with E-state index in [-0.39, 0.29) is 0 Å². The first-order valence-corrected chi connectivity index (χ1v) is 5.92. The molecule has 0 aliphatic rings. The van der Waals surface area contributed by atoms with Crippen molar-refractivity contribution in [2.45, 2.75) is 6.54 Å². The second-order valence-electron chi connectivity index (χ2n) is 3.51. The molecule has 1 N–H and O–H groups in total. The number of nitriles is 1. The molecule has 0 spiro atoms. The standard InChI is InChI=1S/C13H10BrN3/c14-12-6-11(7-15)9-17-13(12)16-8-10-4-2-1-3-5-10/h1-6,9H,8H2,(H,16,17). The van der Waals surface area contributed by atoms with Gasteiger partial charge in [0.25, 0.3) is 0 Å². The molecule has 0 atom stereocenters. The van der Waals surface area contributed by atoms with Crippen LogP contribution in [0.15, 0.2) is 47.1 Å². The third-order valence-corrected chi connectivity index (χ3v) is 2.88. The molecule has 17 heavy (non-hydrogen) atoms. The van der Waals surface area contributed by atoms with Gasteiger partial charge >= 0.3 is 0 Å². The lowest BCUT2D eigenvalue weighted by atomic mass is 10.2. The fourth-order valence-corrected chi connectivity index (χ4v) is 1.90. The molecule has 84 valence electrons. The Morgan fingerprint density at radius 3 is 2.71 bits per heavy atom. The van der Waals surface area contributed by atoms with Gasteiger partial charge in [0.15, 0.2) is 0 Å². The topological polar surface area (TPSA) is 48.7 Å². The predicted molar refractivity (Wildman–Crippen MR) is 70.4 cm³/mol. The largest absolute Gasteiger partial charge is 0.365 e. The van der Waals surface area contributed by atoms with Crippen LogP contribution in [0.2, 0.25) is 0 Å². The van der Waals surface area contributed by atoms with Crippen molar-refractivity contribution in [1.82, 2.24) is 4.98 Å². The summed E-state index contributed by atoms with van der Waals surface area (Å²) in [6.45, 7) is 0.707. The second-order valence-corrected chi connectivity index (χ2v) is 4.36. The van der Waals surface area contributed by atoms with Gasteiger partial charge in [-0.15, -0.1) is 0 Å². The zero-order valence-corrected chi connectivity index (χ0v) is 10.6. The average molecular weight is 288 g/mol. The maximum absolute atomic E-state index is 8.73. The van der Waals surface area contributed by atoms with Crippen molar-refractivity contribution in [2.24, 2.45) is 0 Å². The zero-order chi connectivity index (χ0) is 12.1. The van der Waals surface area contributed by atoms with Gasteiger partial charge in [-0.3, -0.25) is 0 Å². The van der Waals surface area contributed by atoms with Crippen molar-refractivity contribution in [3.63, 3.8) is 0 Å². The number of aromatic nitrogens is 1. The van der Waals surface area contributed by atoms with Gasteiger partial charge in [-0.2, -0.15) is 5.26 Å². The SMILES string of the molecule is N#Cc1cnc(NCc2ccccc2)c(Br)c1. The molecule has 0 aliphatic heterocycles. The Morgan fingerprint density at radius 1 is 1.29 bits per heavy atom. The summed E-state index contributed by atoms with van der Waals surface area (Å²) >= 11 is 3.39. The molecule has 2 aromatic rings.